The molecular weight excluding hydrogens is 244 g/mol. The number of aryl methyl sites for hydroxylation is 2. The number of pyridine rings is 2. The fourth-order valence-electron chi connectivity index (χ4n) is 1.53. The van der Waals surface area contributed by atoms with Gasteiger partial charge in [-0.2, -0.15) is 0 Å². The molecule has 0 fully saturated rings. The van der Waals surface area contributed by atoms with Crippen LogP contribution in [0.2, 0.25) is 0 Å². The zero-order valence-corrected chi connectivity index (χ0v) is 11.1. The Kier molecular flexibility index (Phi) is 3.53. The van der Waals surface area contributed by atoms with Crippen LogP contribution in [0.15, 0.2) is 30.5 Å². The Hall–Kier alpha value is -2.01. The van der Waals surface area contributed by atoms with Gasteiger partial charge in [-0.1, -0.05) is 12.2 Å². The van der Waals surface area contributed by atoms with Crippen molar-refractivity contribution in [3.8, 4) is 0 Å². The summed E-state index contributed by atoms with van der Waals surface area (Å²) in [6.07, 6.45) is 1.75. The summed E-state index contributed by atoms with van der Waals surface area (Å²) in [4.78, 5) is 8.95. The van der Waals surface area contributed by atoms with Crippen LogP contribution in [0.5, 0.6) is 0 Å². The average Bonchev–Trinajstić information content (AvgIpc) is 2.32. The third-order valence-corrected chi connectivity index (χ3v) is 2.69. The largest absolute Gasteiger partial charge is 0.389 e. The monoisotopic (exact) mass is 258 g/mol. The van der Waals surface area contributed by atoms with E-state index in [9.17, 15) is 0 Å². The van der Waals surface area contributed by atoms with E-state index in [1.165, 1.54) is 0 Å². The lowest BCUT2D eigenvalue weighted by Gasteiger charge is -2.10. The number of nitrogens with two attached hydrogens (primary N) is 1. The van der Waals surface area contributed by atoms with E-state index < -0.39 is 0 Å². The van der Waals surface area contributed by atoms with Crippen LogP contribution in [0.1, 0.15) is 17.0 Å². The summed E-state index contributed by atoms with van der Waals surface area (Å²) in [5, 5.41) is 3.18. The minimum absolute atomic E-state index is 0.324. The maximum Gasteiger partial charge on any atom is 0.140 e. The van der Waals surface area contributed by atoms with Gasteiger partial charge >= 0.3 is 0 Å². The van der Waals surface area contributed by atoms with Crippen LogP contribution in [0.25, 0.3) is 0 Å². The van der Waals surface area contributed by atoms with Gasteiger partial charge in [0.05, 0.1) is 17.4 Å². The Balaban J connectivity index is 2.35. The Labute approximate surface area is 111 Å². The van der Waals surface area contributed by atoms with E-state index in [2.05, 4.69) is 15.3 Å². The van der Waals surface area contributed by atoms with Gasteiger partial charge in [0.15, 0.2) is 0 Å². The fourth-order valence-corrected chi connectivity index (χ4v) is 1.69. The summed E-state index contributed by atoms with van der Waals surface area (Å²) in [5.41, 5.74) is 9.13. The van der Waals surface area contributed by atoms with Crippen LogP contribution in [-0.4, -0.2) is 15.0 Å². The first-order valence-electron chi connectivity index (χ1n) is 5.53. The highest BCUT2D eigenvalue weighted by atomic mass is 32.1. The molecule has 0 unspecified atom stereocenters. The van der Waals surface area contributed by atoms with E-state index in [1.807, 2.05) is 38.1 Å². The number of rotatable bonds is 3. The van der Waals surface area contributed by atoms with Crippen molar-refractivity contribution in [3.05, 3.63) is 47.4 Å². The van der Waals surface area contributed by atoms with Crippen LogP contribution < -0.4 is 11.1 Å². The van der Waals surface area contributed by atoms with Crippen molar-refractivity contribution in [3.63, 3.8) is 0 Å². The van der Waals surface area contributed by atoms with Crippen LogP contribution in [0.3, 0.4) is 0 Å². The number of hydrogen-bond acceptors (Lipinski definition) is 4. The molecule has 0 bridgehead atoms. The molecule has 0 saturated heterocycles. The van der Waals surface area contributed by atoms with E-state index in [4.69, 9.17) is 18.0 Å². The van der Waals surface area contributed by atoms with Gasteiger partial charge in [0, 0.05) is 11.4 Å². The van der Waals surface area contributed by atoms with Crippen LogP contribution in [0.4, 0.5) is 11.5 Å². The minimum atomic E-state index is 0.324. The molecule has 5 heteroatoms. The quantitative estimate of drug-likeness (QED) is 0.828. The fraction of sp³-hybridized carbons (Fsp3) is 0.154. The normalized spacial score (nSPS) is 10.1. The molecule has 0 radical (unpaired) electrons. The molecule has 2 heterocycles. The van der Waals surface area contributed by atoms with Gasteiger partial charge < -0.3 is 11.1 Å². The van der Waals surface area contributed by atoms with Gasteiger partial charge in [0.2, 0.25) is 0 Å². The molecule has 92 valence electrons. The van der Waals surface area contributed by atoms with Crippen molar-refractivity contribution >= 4 is 28.7 Å². The molecule has 0 spiro atoms. The topological polar surface area (TPSA) is 63.8 Å². The second-order valence-electron chi connectivity index (χ2n) is 4.03. The highest BCUT2D eigenvalue weighted by molar-refractivity contribution is 7.80. The van der Waals surface area contributed by atoms with Crippen molar-refractivity contribution in [1.82, 2.24) is 9.97 Å². The number of anilines is 2. The zero-order valence-electron chi connectivity index (χ0n) is 10.3. The van der Waals surface area contributed by atoms with Crippen molar-refractivity contribution in [2.24, 2.45) is 5.73 Å². The second-order valence-corrected chi connectivity index (χ2v) is 4.47. The molecule has 0 aromatic carbocycles. The summed E-state index contributed by atoms with van der Waals surface area (Å²) in [7, 11) is 0. The highest BCUT2D eigenvalue weighted by Crippen LogP contribution is 2.19. The molecule has 0 aliphatic rings. The smallest absolute Gasteiger partial charge is 0.140 e. The highest BCUT2D eigenvalue weighted by Gasteiger charge is 2.07. The Morgan fingerprint density at radius 3 is 2.50 bits per heavy atom. The van der Waals surface area contributed by atoms with Crippen LogP contribution in [0, 0.1) is 13.8 Å². The first-order valence-corrected chi connectivity index (χ1v) is 5.94. The molecule has 0 saturated carbocycles. The van der Waals surface area contributed by atoms with Gasteiger partial charge in [-0.25, -0.2) is 4.98 Å². The second kappa shape index (κ2) is 5.10. The number of nitrogens with zero attached hydrogens (tertiary/aromatic N) is 2. The predicted molar refractivity (Wildman–Crippen MR) is 77.1 cm³/mol. The molecule has 0 amide bonds. The van der Waals surface area contributed by atoms with E-state index in [0.717, 1.165) is 22.6 Å². The van der Waals surface area contributed by atoms with Gasteiger partial charge in [0.25, 0.3) is 0 Å². The molecule has 2 aromatic rings. The van der Waals surface area contributed by atoms with Gasteiger partial charge in [-0.3, -0.25) is 4.98 Å². The zero-order chi connectivity index (χ0) is 13.1. The van der Waals surface area contributed by atoms with E-state index in [-0.39, 0.29) is 0 Å². The maximum absolute atomic E-state index is 5.68. The number of hydrogen-bond donors (Lipinski definition) is 2. The average molecular weight is 258 g/mol. The maximum atomic E-state index is 5.68. The lowest BCUT2D eigenvalue weighted by atomic mass is 10.2. The third-order valence-electron chi connectivity index (χ3n) is 2.47. The van der Waals surface area contributed by atoms with E-state index >= 15 is 0 Å². The van der Waals surface area contributed by atoms with Gasteiger partial charge in [0.1, 0.15) is 10.8 Å². The number of aromatic nitrogens is 2. The molecule has 18 heavy (non-hydrogen) atoms. The van der Waals surface area contributed by atoms with Crippen molar-refractivity contribution in [2.75, 3.05) is 5.32 Å². The Morgan fingerprint density at radius 2 is 1.89 bits per heavy atom. The molecule has 0 aliphatic carbocycles. The lowest BCUT2D eigenvalue weighted by molar-refractivity contribution is 1.17. The summed E-state index contributed by atoms with van der Waals surface area (Å²) >= 11 is 5.01. The molecular formula is C13H14N4S. The number of thiocarbonyl (C=S) groups is 1. The van der Waals surface area contributed by atoms with Gasteiger partial charge in [-0.15, -0.1) is 0 Å². The summed E-state index contributed by atoms with van der Waals surface area (Å²) < 4.78 is 0. The summed E-state index contributed by atoms with van der Waals surface area (Å²) in [5.74, 6) is 0.660. The third kappa shape index (κ3) is 2.81. The Bertz CT molecular complexity index is 578. The SMILES string of the molecule is Cc1ccc(Nc2nc(C)ccc2C(N)=S)cn1. The van der Waals surface area contributed by atoms with E-state index in [1.54, 1.807) is 6.20 Å². The van der Waals surface area contributed by atoms with Crippen molar-refractivity contribution in [2.45, 2.75) is 13.8 Å². The molecule has 2 rings (SSSR count). The molecule has 0 aliphatic heterocycles. The standard InChI is InChI=1S/C13H14N4S/c1-8-3-5-10(7-15-8)17-13-11(12(14)18)6-4-9(2)16-13/h3-7H,1-2H3,(H2,14,18)(H,16,17). The predicted octanol–water partition coefficient (Wildman–Crippen LogP) is 2.47. The summed E-state index contributed by atoms with van der Waals surface area (Å²) in [6, 6.07) is 7.62. The van der Waals surface area contributed by atoms with E-state index in [0.29, 0.717) is 10.8 Å². The molecule has 3 N–H and O–H groups in total. The first kappa shape index (κ1) is 12.4. The van der Waals surface area contributed by atoms with Crippen molar-refractivity contribution in [1.29, 1.82) is 0 Å². The summed E-state index contributed by atoms with van der Waals surface area (Å²) in [6.45, 7) is 3.86. The minimum Gasteiger partial charge on any atom is -0.389 e. The Morgan fingerprint density at radius 1 is 1.17 bits per heavy atom. The number of nitrogens with one attached hydrogen (secondary N) is 1. The van der Waals surface area contributed by atoms with Crippen molar-refractivity contribution < 1.29 is 0 Å². The first-order chi connectivity index (χ1) is 8.56. The van der Waals surface area contributed by atoms with Crippen LogP contribution >= 0.6 is 12.2 Å². The van der Waals surface area contributed by atoms with Gasteiger partial charge in [-0.05, 0) is 38.1 Å². The lowest BCUT2D eigenvalue weighted by Crippen LogP contribution is -2.13. The molecule has 2 aromatic heterocycles. The molecule has 4 nitrogen and oxygen atoms in total. The van der Waals surface area contributed by atoms with Crippen LogP contribution in [-0.2, 0) is 0 Å². The molecule has 0 atom stereocenters.